The zero-order chi connectivity index (χ0) is 16.3. The van der Waals surface area contributed by atoms with E-state index in [0.29, 0.717) is 6.42 Å². The van der Waals surface area contributed by atoms with Crippen molar-refractivity contribution in [1.82, 2.24) is 4.72 Å². The Kier molecular flexibility index (Phi) is 5.89. The number of esters is 1. The molecule has 0 radical (unpaired) electrons. The third-order valence-electron chi connectivity index (χ3n) is 2.95. The molecule has 1 unspecified atom stereocenters. The highest BCUT2D eigenvalue weighted by Gasteiger charge is 2.38. The minimum absolute atomic E-state index is 0.158. The summed E-state index contributed by atoms with van der Waals surface area (Å²) in [5.74, 6) is -1.39. The number of ether oxygens (including phenoxy) is 1. The molecule has 21 heavy (non-hydrogen) atoms. The number of benzene rings is 1. The van der Waals surface area contributed by atoms with Gasteiger partial charge in [0, 0.05) is 0 Å². The largest absolute Gasteiger partial charge is 0.468 e. The number of carbonyl (C=O) groups is 1. The summed E-state index contributed by atoms with van der Waals surface area (Å²) in [4.78, 5) is 11.6. The van der Waals surface area contributed by atoms with E-state index in [1.54, 1.807) is 0 Å². The van der Waals surface area contributed by atoms with Crippen LogP contribution in [0.25, 0.3) is 0 Å². The molecule has 1 aromatic rings. The summed E-state index contributed by atoms with van der Waals surface area (Å²) >= 11 is 2.95. The van der Waals surface area contributed by atoms with Gasteiger partial charge >= 0.3 is 5.97 Å². The molecular weight excluding hydrogens is 365 g/mol. The molecule has 1 atom stereocenters. The van der Waals surface area contributed by atoms with Gasteiger partial charge in [-0.3, -0.25) is 4.79 Å². The first-order valence-corrected chi connectivity index (χ1v) is 8.51. The molecular formula is C13H17BrFNO4S. The van der Waals surface area contributed by atoms with Crippen molar-refractivity contribution in [2.45, 2.75) is 37.1 Å². The first-order valence-electron chi connectivity index (χ1n) is 6.23. The number of sulfonamides is 1. The summed E-state index contributed by atoms with van der Waals surface area (Å²) in [6.45, 7) is 3.25. The molecule has 0 saturated heterocycles. The van der Waals surface area contributed by atoms with Crippen LogP contribution >= 0.6 is 15.9 Å². The van der Waals surface area contributed by atoms with Gasteiger partial charge in [-0.15, -0.1) is 0 Å². The van der Waals surface area contributed by atoms with E-state index in [1.807, 2.05) is 6.92 Å². The lowest BCUT2D eigenvalue weighted by molar-refractivity contribution is -0.147. The molecule has 0 aromatic heterocycles. The number of hydrogen-bond donors (Lipinski definition) is 1. The summed E-state index contributed by atoms with van der Waals surface area (Å²) in [5, 5.41) is 0. The van der Waals surface area contributed by atoms with Crippen LogP contribution in [0.15, 0.2) is 27.6 Å². The molecule has 5 nitrogen and oxygen atoms in total. The van der Waals surface area contributed by atoms with Crippen molar-refractivity contribution < 1.29 is 22.3 Å². The van der Waals surface area contributed by atoms with Gasteiger partial charge in [0.05, 0.1) is 16.5 Å². The molecule has 0 saturated carbocycles. The molecule has 8 heteroatoms. The fourth-order valence-corrected chi connectivity index (χ4v) is 3.57. The molecule has 0 bridgehead atoms. The van der Waals surface area contributed by atoms with Gasteiger partial charge in [-0.1, -0.05) is 13.3 Å². The monoisotopic (exact) mass is 381 g/mol. The highest BCUT2D eigenvalue weighted by molar-refractivity contribution is 9.10. The van der Waals surface area contributed by atoms with Crippen LogP contribution in [0.1, 0.15) is 26.7 Å². The Morgan fingerprint density at radius 1 is 1.48 bits per heavy atom. The van der Waals surface area contributed by atoms with Crippen molar-refractivity contribution >= 4 is 31.9 Å². The van der Waals surface area contributed by atoms with Crippen LogP contribution in [0.3, 0.4) is 0 Å². The molecule has 1 N–H and O–H groups in total. The van der Waals surface area contributed by atoms with Crippen LogP contribution in [0.4, 0.5) is 4.39 Å². The number of rotatable bonds is 6. The van der Waals surface area contributed by atoms with Gasteiger partial charge < -0.3 is 4.74 Å². The third kappa shape index (κ3) is 4.24. The molecule has 118 valence electrons. The maximum Gasteiger partial charge on any atom is 0.326 e. The van der Waals surface area contributed by atoms with Crippen molar-refractivity contribution in [3.8, 4) is 0 Å². The summed E-state index contributed by atoms with van der Waals surface area (Å²) in [7, 11) is -2.86. The molecule has 0 amide bonds. The minimum atomic E-state index is -4.05. The quantitative estimate of drug-likeness (QED) is 0.768. The Bertz CT molecular complexity index is 635. The molecule has 0 spiro atoms. The SMILES string of the molecule is CCCC(C)(NS(=O)(=O)c1ccc(Br)c(F)c1)C(=O)OC. The zero-order valence-corrected chi connectivity index (χ0v) is 14.3. The van der Waals surface area contributed by atoms with Gasteiger partial charge in [0.25, 0.3) is 0 Å². The van der Waals surface area contributed by atoms with Gasteiger partial charge in [-0.05, 0) is 47.5 Å². The number of hydrogen-bond acceptors (Lipinski definition) is 4. The van der Waals surface area contributed by atoms with Crippen LogP contribution in [-0.4, -0.2) is 27.0 Å². The van der Waals surface area contributed by atoms with Gasteiger partial charge in [0.15, 0.2) is 0 Å². The number of carbonyl (C=O) groups excluding carboxylic acids is 1. The van der Waals surface area contributed by atoms with Crippen molar-refractivity contribution in [3.05, 3.63) is 28.5 Å². The van der Waals surface area contributed by atoms with Gasteiger partial charge in [0.2, 0.25) is 10.0 Å². The number of halogens is 2. The molecule has 0 aliphatic rings. The zero-order valence-electron chi connectivity index (χ0n) is 11.9. The predicted octanol–water partition coefficient (Wildman–Crippen LogP) is 2.60. The number of nitrogens with one attached hydrogen (secondary N) is 1. The van der Waals surface area contributed by atoms with Crippen LogP contribution in [-0.2, 0) is 19.6 Å². The minimum Gasteiger partial charge on any atom is -0.468 e. The van der Waals surface area contributed by atoms with E-state index >= 15 is 0 Å². The Balaban J connectivity index is 3.17. The molecule has 0 aliphatic carbocycles. The fourth-order valence-electron chi connectivity index (χ4n) is 1.92. The van der Waals surface area contributed by atoms with E-state index in [2.05, 4.69) is 25.4 Å². The van der Waals surface area contributed by atoms with Crippen molar-refractivity contribution in [2.24, 2.45) is 0 Å². The smallest absolute Gasteiger partial charge is 0.326 e. The van der Waals surface area contributed by atoms with E-state index in [-0.39, 0.29) is 15.8 Å². The highest BCUT2D eigenvalue weighted by Crippen LogP contribution is 2.22. The normalized spacial score (nSPS) is 14.5. The summed E-state index contributed by atoms with van der Waals surface area (Å²) < 4.78 is 45.2. The van der Waals surface area contributed by atoms with E-state index in [1.165, 1.54) is 26.2 Å². The van der Waals surface area contributed by atoms with Gasteiger partial charge in [-0.2, -0.15) is 4.72 Å². The highest BCUT2D eigenvalue weighted by atomic mass is 79.9. The lowest BCUT2D eigenvalue weighted by Crippen LogP contribution is -2.52. The molecule has 0 aliphatic heterocycles. The summed E-state index contributed by atoms with van der Waals surface area (Å²) in [6.07, 6.45) is 0.834. The van der Waals surface area contributed by atoms with Crippen LogP contribution in [0.5, 0.6) is 0 Å². The van der Waals surface area contributed by atoms with E-state index in [9.17, 15) is 17.6 Å². The fraction of sp³-hybridized carbons (Fsp3) is 0.462. The number of methoxy groups -OCH3 is 1. The molecule has 0 heterocycles. The standard InChI is InChI=1S/C13H17BrFNO4S/c1-4-7-13(2,12(17)20-3)16-21(18,19)9-5-6-10(14)11(15)8-9/h5-6,8,16H,4,7H2,1-3H3. The van der Waals surface area contributed by atoms with E-state index in [4.69, 9.17) is 0 Å². The van der Waals surface area contributed by atoms with Crippen LogP contribution < -0.4 is 4.72 Å². The first kappa shape index (κ1) is 18.1. The molecule has 1 rings (SSSR count). The maximum absolute atomic E-state index is 13.5. The Morgan fingerprint density at radius 2 is 2.10 bits per heavy atom. The third-order valence-corrected chi connectivity index (χ3v) is 5.18. The second kappa shape index (κ2) is 6.85. The van der Waals surface area contributed by atoms with Crippen molar-refractivity contribution in [2.75, 3.05) is 7.11 Å². The summed E-state index contributed by atoms with van der Waals surface area (Å²) in [6, 6.07) is 3.43. The average molecular weight is 382 g/mol. The Morgan fingerprint density at radius 3 is 2.57 bits per heavy atom. The van der Waals surface area contributed by atoms with E-state index < -0.39 is 27.3 Å². The summed E-state index contributed by atoms with van der Waals surface area (Å²) in [5.41, 5.74) is -1.40. The van der Waals surface area contributed by atoms with Crippen molar-refractivity contribution in [3.63, 3.8) is 0 Å². The van der Waals surface area contributed by atoms with Crippen LogP contribution in [0, 0.1) is 5.82 Å². The maximum atomic E-state index is 13.5. The van der Waals surface area contributed by atoms with Crippen LogP contribution in [0.2, 0.25) is 0 Å². The topological polar surface area (TPSA) is 72.5 Å². The predicted molar refractivity (Wildman–Crippen MR) is 79.8 cm³/mol. The molecule has 1 aromatic carbocycles. The molecule has 0 fully saturated rings. The van der Waals surface area contributed by atoms with Gasteiger partial charge in [-0.25, -0.2) is 12.8 Å². The Labute approximate surface area is 132 Å². The lowest BCUT2D eigenvalue weighted by atomic mass is 9.98. The second-order valence-electron chi connectivity index (χ2n) is 4.76. The van der Waals surface area contributed by atoms with Gasteiger partial charge in [0.1, 0.15) is 11.4 Å². The second-order valence-corrected chi connectivity index (χ2v) is 7.29. The first-order chi connectivity index (χ1) is 9.66. The lowest BCUT2D eigenvalue weighted by Gasteiger charge is -2.27. The van der Waals surface area contributed by atoms with Crippen molar-refractivity contribution in [1.29, 1.82) is 0 Å². The van der Waals surface area contributed by atoms with E-state index in [0.717, 1.165) is 6.07 Å². The Hall–Kier alpha value is -0.990. The average Bonchev–Trinajstić information content (AvgIpc) is 2.40.